The van der Waals surface area contributed by atoms with E-state index >= 15 is 0 Å². The molecule has 14 heteroatoms. The predicted octanol–water partition coefficient (Wildman–Crippen LogP) is 3.39. The number of aryl methyl sites for hydroxylation is 2. The van der Waals surface area contributed by atoms with Crippen molar-refractivity contribution in [2.45, 2.75) is 43.4 Å². The van der Waals surface area contributed by atoms with Gasteiger partial charge in [0.2, 0.25) is 0 Å². The van der Waals surface area contributed by atoms with Gasteiger partial charge in [0, 0.05) is 55.4 Å². The number of thioether (sulfide) groups is 2. The van der Waals surface area contributed by atoms with Crippen molar-refractivity contribution in [3.8, 4) is 23.0 Å². The highest BCUT2D eigenvalue weighted by molar-refractivity contribution is 8.15. The molecule has 6 N–H and O–H groups in total. The highest BCUT2D eigenvalue weighted by Gasteiger charge is 2.29. The number of carboxylic acid groups (broad SMARTS) is 2. The molecule has 2 atom stereocenters. The summed E-state index contributed by atoms with van der Waals surface area (Å²) in [6.07, 6.45) is 2.97. The van der Waals surface area contributed by atoms with Crippen molar-refractivity contribution in [1.29, 1.82) is 0 Å². The van der Waals surface area contributed by atoms with Crippen molar-refractivity contribution in [3.63, 3.8) is 0 Å². The Morgan fingerprint density at radius 2 is 1.28 bits per heavy atom. The molecule has 0 fully saturated rings. The van der Waals surface area contributed by atoms with E-state index in [0.717, 1.165) is 11.8 Å². The number of rotatable bonds is 16. The van der Waals surface area contributed by atoms with Crippen LogP contribution in [0, 0.1) is 0 Å². The van der Waals surface area contributed by atoms with Gasteiger partial charge in [0.25, 0.3) is 0 Å². The highest BCUT2D eigenvalue weighted by atomic mass is 32.2. The van der Waals surface area contributed by atoms with Gasteiger partial charge in [-0.25, -0.2) is 4.79 Å². The fraction of sp³-hybridized carbons (Fsp3) is 0.448. The molecule has 0 aliphatic carbocycles. The van der Waals surface area contributed by atoms with E-state index in [9.17, 15) is 35.1 Å². The van der Waals surface area contributed by atoms with Crippen molar-refractivity contribution in [1.82, 2.24) is 0 Å². The number of aromatic hydroxyl groups is 4. The summed E-state index contributed by atoms with van der Waals surface area (Å²) in [6, 6.07) is 4.94. The van der Waals surface area contributed by atoms with Gasteiger partial charge in [0.15, 0.2) is 6.04 Å². The van der Waals surface area contributed by atoms with Gasteiger partial charge in [-0.2, -0.15) is 0 Å². The molecule has 0 bridgehead atoms. The maximum Gasteiger partial charge on any atom is 0.329 e. The molecule has 232 valence electrons. The molecule has 0 saturated heterocycles. The monoisotopic (exact) mass is 634 g/mol. The first-order valence-electron chi connectivity index (χ1n) is 13.8. The second-order valence-electron chi connectivity index (χ2n) is 9.97. The highest BCUT2D eigenvalue weighted by Crippen LogP contribution is 2.36. The summed E-state index contributed by atoms with van der Waals surface area (Å²) < 4.78 is 11.3. The van der Waals surface area contributed by atoms with Crippen molar-refractivity contribution in [2.24, 2.45) is 9.98 Å². The quantitative estimate of drug-likeness (QED) is 0.147. The average Bonchev–Trinajstić information content (AvgIpc) is 3.65. The Morgan fingerprint density at radius 1 is 0.744 bits per heavy atom. The third-order valence-electron chi connectivity index (χ3n) is 6.77. The van der Waals surface area contributed by atoms with Gasteiger partial charge in [-0.3, -0.25) is 14.8 Å². The lowest BCUT2D eigenvalue weighted by atomic mass is 10.0. The fourth-order valence-electron chi connectivity index (χ4n) is 4.48. The number of phenolic OH excluding ortho intramolecular Hbond substituents is 4. The molecular formula is C29H34N2O10S2. The zero-order chi connectivity index (χ0) is 30.9. The summed E-state index contributed by atoms with van der Waals surface area (Å²) in [5.41, 5.74) is 2.06. The Bertz CT molecular complexity index is 1400. The SMILES string of the molecule is O=C(O)[C@@H]1CN=C(c2cc(CCCOCCCOCCCc3cc(C4=N[C@@H](C(=O)O)CS4)c(O)cc3O)c(O)cc2O)S1. The second-order valence-corrected chi connectivity index (χ2v) is 12.2. The number of nitrogens with zero attached hydrogens (tertiary/aromatic N) is 2. The molecule has 0 saturated carbocycles. The first kappa shape index (κ1) is 32.5. The molecule has 43 heavy (non-hydrogen) atoms. The minimum absolute atomic E-state index is 0.0390. The zero-order valence-corrected chi connectivity index (χ0v) is 24.9. The van der Waals surface area contributed by atoms with Gasteiger partial charge in [0.05, 0.1) is 6.54 Å². The van der Waals surface area contributed by atoms with Gasteiger partial charge in [-0.15, -0.1) is 11.8 Å². The van der Waals surface area contributed by atoms with Crippen LogP contribution in [-0.4, -0.2) is 103 Å². The van der Waals surface area contributed by atoms with Gasteiger partial charge in [-0.1, -0.05) is 11.8 Å². The summed E-state index contributed by atoms with van der Waals surface area (Å²) in [6.45, 7) is 2.06. The molecule has 12 nitrogen and oxygen atoms in total. The number of benzene rings is 2. The van der Waals surface area contributed by atoms with Crippen molar-refractivity contribution in [3.05, 3.63) is 46.5 Å². The largest absolute Gasteiger partial charge is 0.508 e. The number of aliphatic carboxylic acids is 2. The number of ether oxygens (including phenoxy) is 2. The van der Waals surface area contributed by atoms with Crippen LogP contribution in [0.2, 0.25) is 0 Å². The van der Waals surface area contributed by atoms with Gasteiger partial charge in [0.1, 0.15) is 38.3 Å². The minimum Gasteiger partial charge on any atom is -0.508 e. The fourth-order valence-corrected chi connectivity index (χ4v) is 6.50. The molecule has 0 aromatic heterocycles. The summed E-state index contributed by atoms with van der Waals surface area (Å²) in [5.74, 6) is -2.04. The molecule has 0 amide bonds. The maximum absolute atomic E-state index is 11.2. The molecule has 2 aliphatic heterocycles. The molecule has 0 unspecified atom stereocenters. The number of hydrogen-bond donors (Lipinski definition) is 6. The third kappa shape index (κ3) is 8.78. The van der Waals surface area contributed by atoms with Crippen molar-refractivity contribution < 1.29 is 49.7 Å². The third-order valence-corrected chi connectivity index (χ3v) is 9.06. The lowest BCUT2D eigenvalue weighted by Crippen LogP contribution is -2.17. The van der Waals surface area contributed by atoms with Crippen LogP contribution in [0.25, 0.3) is 0 Å². The first-order chi connectivity index (χ1) is 20.6. The number of carboxylic acids is 2. The number of hydrogen-bond acceptors (Lipinski definition) is 12. The predicted molar refractivity (Wildman–Crippen MR) is 163 cm³/mol. The van der Waals surface area contributed by atoms with Crippen LogP contribution in [0.5, 0.6) is 23.0 Å². The van der Waals surface area contributed by atoms with Crippen molar-refractivity contribution >= 4 is 45.5 Å². The van der Waals surface area contributed by atoms with Crippen LogP contribution in [0.3, 0.4) is 0 Å². The van der Waals surface area contributed by atoms with E-state index in [2.05, 4.69) is 9.98 Å². The smallest absolute Gasteiger partial charge is 0.329 e. The lowest BCUT2D eigenvalue weighted by molar-refractivity contribution is -0.138. The molecule has 0 spiro atoms. The van der Waals surface area contributed by atoms with E-state index in [1.165, 1.54) is 23.9 Å². The van der Waals surface area contributed by atoms with E-state index in [-0.39, 0.29) is 29.5 Å². The second kappa shape index (κ2) is 15.3. The molecule has 2 aliphatic rings. The van der Waals surface area contributed by atoms with E-state index in [4.69, 9.17) is 14.6 Å². The van der Waals surface area contributed by atoms with E-state index in [1.807, 2.05) is 0 Å². The Balaban J connectivity index is 1.11. The minimum atomic E-state index is -1.01. The van der Waals surface area contributed by atoms with E-state index in [1.54, 1.807) is 12.1 Å². The van der Waals surface area contributed by atoms with E-state index in [0.29, 0.717) is 96.6 Å². The standard InChI is InChI=1S/C29H34N2O10S2/c32-21-12-23(34)18(26-30-14-25(43-26)29(38)39)10-16(21)4-1-6-40-8-3-9-41-7-2-5-17-11-19(24(35)13-22(17)33)27-31-20(15-42-27)28(36)37/h10-13,20,25,32-35H,1-9,14-15H2,(H,36,37)(H,38,39)/t20-,25+/m1/s1. The molecule has 2 heterocycles. The Morgan fingerprint density at radius 3 is 1.77 bits per heavy atom. The molecule has 4 rings (SSSR count). The summed E-state index contributed by atoms with van der Waals surface area (Å²) in [4.78, 5) is 30.7. The number of carbonyl (C=O) groups is 2. The Hall–Kier alpha value is -3.46. The number of aliphatic imine (C=N–C) groups is 2. The van der Waals surface area contributed by atoms with Crippen LogP contribution in [-0.2, 0) is 31.9 Å². The summed E-state index contributed by atoms with van der Waals surface area (Å²) in [5, 5.41) is 59.4. The maximum atomic E-state index is 11.2. The van der Waals surface area contributed by atoms with Crippen LogP contribution in [0.1, 0.15) is 41.5 Å². The lowest BCUT2D eigenvalue weighted by Gasteiger charge is -2.11. The van der Waals surface area contributed by atoms with Crippen molar-refractivity contribution in [2.75, 3.05) is 38.7 Å². The number of phenols is 4. The summed E-state index contributed by atoms with van der Waals surface area (Å²) in [7, 11) is 0. The van der Waals surface area contributed by atoms with Crippen LogP contribution in [0.4, 0.5) is 0 Å². The molecule has 2 aromatic rings. The van der Waals surface area contributed by atoms with Crippen LogP contribution in [0.15, 0.2) is 34.3 Å². The topological polar surface area (TPSA) is 199 Å². The Labute approximate surface area is 256 Å². The van der Waals surface area contributed by atoms with E-state index < -0.39 is 23.2 Å². The molecule has 0 radical (unpaired) electrons. The van der Waals surface area contributed by atoms with Gasteiger partial charge >= 0.3 is 11.9 Å². The summed E-state index contributed by atoms with van der Waals surface area (Å²) >= 11 is 2.34. The van der Waals surface area contributed by atoms with Gasteiger partial charge < -0.3 is 40.1 Å². The van der Waals surface area contributed by atoms with Crippen LogP contribution >= 0.6 is 23.5 Å². The normalized spacial score (nSPS) is 18.0. The first-order valence-corrected chi connectivity index (χ1v) is 15.6. The zero-order valence-electron chi connectivity index (χ0n) is 23.3. The molecule has 2 aromatic carbocycles. The van der Waals surface area contributed by atoms with Crippen LogP contribution < -0.4 is 0 Å². The van der Waals surface area contributed by atoms with Gasteiger partial charge in [-0.05, 0) is 55.4 Å². The Kier molecular flexibility index (Phi) is 11.6. The molecular weight excluding hydrogens is 600 g/mol. The average molecular weight is 635 g/mol.